The Morgan fingerprint density at radius 1 is 1.19 bits per heavy atom. The van der Waals surface area contributed by atoms with Crippen LogP contribution in [0.3, 0.4) is 0 Å². The Morgan fingerprint density at radius 3 is 2.44 bits per heavy atom. The molecule has 1 saturated heterocycles. The number of hydrogen-bond acceptors (Lipinski definition) is 7. The van der Waals surface area contributed by atoms with Gasteiger partial charge in [0, 0.05) is 0 Å². The number of aliphatic hydroxyl groups excluding tert-OH is 3. The first kappa shape index (κ1) is 22.4. The minimum atomic E-state index is -1.80. The summed E-state index contributed by atoms with van der Waals surface area (Å²) in [4.78, 5) is 11.9. The molecule has 1 aliphatic heterocycles. The number of carbonyl (C=O) groups excluding carboxylic acids is 1. The average Bonchev–Trinajstić information content (AvgIpc) is 2.63. The van der Waals surface area contributed by atoms with Crippen LogP contribution in [0.15, 0.2) is 30.3 Å². The molecule has 152 valence electrons. The number of halogens is 3. The van der Waals surface area contributed by atoms with Crippen LogP contribution >= 0.6 is 34.8 Å². The van der Waals surface area contributed by atoms with Gasteiger partial charge in [-0.1, -0.05) is 65.1 Å². The maximum absolute atomic E-state index is 11.9. The molecule has 0 unspecified atom stereocenters. The van der Waals surface area contributed by atoms with Crippen LogP contribution in [-0.2, 0) is 20.8 Å². The van der Waals surface area contributed by atoms with E-state index in [1.54, 1.807) is 0 Å². The summed E-state index contributed by atoms with van der Waals surface area (Å²) in [5, 5.41) is 32.0. The Hall–Kier alpha value is -0.840. The van der Waals surface area contributed by atoms with Crippen molar-refractivity contribution in [3.05, 3.63) is 35.9 Å². The summed E-state index contributed by atoms with van der Waals surface area (Å²) in [5.41, 5.74) is 0.819. The van der Waals surface area contributed by atoms with Crippen LogP contribution in [-0.4, -0.2) is 69.1 Å². The molecule has 11 heteroatoms. The molecule has 0 aromatic heterocycles. The fraction of sp³-hybridized carbons (Fsp3) is 0.562. The summed E-state index contributed by atoms with van der Waals surface area (Å²) >= 11 is 16.5. The van der Waals surface area contributed by atoms with Gasteiger partial charge in [-0.05, 0) is 5.56 Å². The average molecular weight is 445 g/mol. The number of alkyl halides is 3. The number of rotatable bonds is 6. The Kier molecular flexibility index (Phi) is 8.39. The highest BCUT2D eigenvalue weighted by atomic mass is 35.6. The van der Waals surface area contributed by atoms with Gasteiger partial charge in [-0.2, -0.15) is 0 Å². The lowest BCUT2D eigenvalue weighted by atomic mass is 9.97. The highest BCUT2D eigenvalue weighted by molar-refractivity contribution is 6.67. The second-order valence-corrected chi connectivity index (χ2v) is 8.38. The van der Waals surface area contributed by atoms with Crippen LogP contribution < -0.4 is 5.32 Å². The first-order valence-electron chi connectivity index (χ1n) is 7.99. The molecule has 1 amide bonds. The van der Waals surface area contributed by atoms with Crippen LogP contribution in [0.2, 0.25) is 0 Å². The molecular formula is C16H20Cl3NO7. The van der Waals surface area contributed by atoms with E-state index in [1.165, 1.54) is 0 Å². The maximum atomic E-state index is 11.9. The van der Waals surface area contributed by atoms with Crippen molar-refractivity contribution in [3.8, 4) is 0 Å². The zero-order valence-corrected chi connectivity index (χ0v) is 16.3. The minimum absolute atomic E-state index is 0.105. The largest absolute Gasteiger partial charge is 0.445 e. The van der Waals surface area contributed by atoms with Gasteiger partial charge < -0.3 is 34.8 Å². The summed E-state index contributed by atoms with van der Waals surface area (Å²) in [6, 6.07) is 7.92. The van der Waals surface area contributed by atoms with Gasteiger partial charge in [0.1, 0.15) is 31.0 Å². The van der Waals surface area contributed by atoms with Crippen molar-refractivity contribution in [3.63, 3.8) is 0 Å². The van der Waals surface area contributed by atoms with Gasteiger partial charge in [-0.25, -0.2) is 4.79 Å². The number of benzene rings is 1. The number of aliphatic hydroxyl groups is 3. The topological polar surface area (TPSA) is 117 Å². The van der Waals surface area contributed by atoms with Crippen molar-refractivity contribution < 1.29 is 34.3 Å². The number of hydrogen-bond donors (Lipinski definition) is 4. The van der Waals surface area contributed by atoms with Gasteiger partial charge in [0.2, 0.25) is 3.79 Å². The predicted molar refractivity (Wildman–Crippen MR) is 97.6 cm³/mol. The molecule has 2 rings (SSSR count). The summed E-state index contributed by atoms with van der Waals surface area (Å²) in [6.07, 6.45) is -6.20. The van der Waals surface area contributed by atoms with E-state index in [0.717, 1.165) is 5.56 Å². The molecule has 5 atom stereocenters. The van der Waals surface area contributed by atoms with Crippen molar-refractivity contribution in [2.24, 2.45) is 0 Å². The highest BCUT2D eigenvalue weighted by Gasteiger charge is 2.46. The van der Waals surface area contributed by atoms with E-state index in [2.05, 4.69) is 5.32 Å². The molecule has 27 heavy (non-hydrogen) atoms. The van der Waals surface area contributed by atoms with Crippen molar-refractivity contribution in [2.75, 3.05) is 13.2 Å². The third-order valence-corrected chi connectivity index (χ3v) is 4.12. The van der Waals surface area contributed by atoms with Crippen molar-refractivity contribution in [2.45, 2.75) is 41.0 Å². The molecular weight excluding hydrogens is 425 g/mol. The molecule has 1 aliphatic rings. The molecule has 1 aromatic carbocycles. The Morgan fingerprint density at radius 2 is 1.85 bits per heavy atom. The fourth-order valence-corrected chi connectivity index (χ4v) is 2.62. The number of alkyl carbamates (subject to hydrolysis) is 1. The molecule has 0 aliphatic carbocycles. The van der Waals surface area contributed by atoms with Crippen LogP contribution in [0.5, 0.6) is 0 Å². The fourth-order valence-electron chi connectivity index (χ4n) is 2.46. The molecule has 8 nitrogen and oxygen atoms in total. The van der Waals surface area contributed by atoms with Crippen molar-refractivity contribution in [1.82, 2.24) is 5.32 Å². The summed E-state index contributed by atoms with van der Waals surface area (Å²) in [5.74, 6) is 0. The second kappa shape index (κ2) is 10.1. The number of amides is 1. The molecule has 0 saturated carbocycles. The Balaban J connectivity index is 2.04. The van der Waals surface area contributed by atoms with Gasteiger partial charge in [-0.15, -0.1) is 0 Å². The SMILES string of the molecule is O=C(N[C@H]1[C@H](OCc2ccccc2)O[C@H](CO)[C@@H](O)[C@@H]1O)OCC(Cl)(Cl)Cl. The highest BCUT2D eigenvalue weighted by Crippen LogP contribution is 2.26. The number of nitrogens with one attached hydrogen (secondary N) is 1. The number of ether oxygens (including phenoxy) is 3. The summed E-state index contributed by atoms with van der Waals surface area (Å²) in [6.45, 7) is -0.966. The second-order valence-electron chi connectivity index (χ2n) is 5.86. The molecule has 0 radical (unpaired) electrons. The molecule has 1 fully saturated rings. The van der Waals surface area contributed by atoms with Crippen LogP contribution in [0.4, 0.5) is 4.79 Å². The van der Waals surface area contributed by atoms with Gasteiger partial charge in [-0.3, -0.25) is 0 Å². The molecule has 0 bridgehead atoms. The van der Waals surface area contributed by atoms with Gasteiger partial charge in [0.25, 0.3) is 0 Å². The van der Waals surface area contributed by atoms with E-state index in [4.69, 9.17) is 49.0 Å². The van der Waals surface area contributed by atoms with Gasteiger partial charge >= 0.3 is 6.09 Å². The van der Waals surface area contributed by atoms with E-state index in [9.17, 15) is 20.1 Å². The molecule has 0 spiro atoms. The van der Waals surface area contributed by atoms with E-state index < -0.39 is 53.7 Å². The predicted octanol–water partition coefficient (Wildman–Crippen LogP) is 1.11. The Labute approximate surface area is 170 Å². The van der Waals surface area contributed by atoms with E-state index in [-0.39, 0.29) is 6.61 Å². The zero-order valence-electron chi connectivity index (χ0n) is 14.0. The monoisotopic (exact) mass is 443 g/mol. The first-order chi connectivity index (χ1) is 12.7. The molecule has 4 N–H and O–H groups in total. The van der Waals surface area contributed by atoms with E-state index in [1.807, 2.05) is 30.3 Å². The van der Waals surface area contributed by atoms with E-state index in [0.29, 0.717) is 0 Å². The van der Waals surface area contributed by atoms with Crippen LogP contribution in [0.25, 0.3) is 0 Å². The van der Waals surface area contributed by atoms with Crippen LogP contribution in [0, 0.1) is 0 Å². The molecule has 1 aromatic rings. The zero-order chi connectivity index (χ0) is 20.0. The van der Waals surface area contributed by atoms with E-state index >= 15 is 0 Å². The Bertz CT molecular complexity index is 601. The van der Waals surface area contributed by atoms with Gasteiger partial charge in [0.05, 0.1) is 13.2 Å². The third-order valence-electron chi connectivity index (χ3n) is 3.79. The lowest BCUT2D eigenvalue weighted by Gasteiger charge is -2.42. The number of carbonyl (C=O) groups is 1. The van der Waals surface area contributed by atoms with Crippen molar-refractivity contribution in [1.29, 1.82) is 0 Å². The van der Waals surface area contributed by atoms with Gasteiger partial charge in [0.15, 0.2) is 6.29 Å². The smallest absolute Gasteiger partial charge is 0.407 e. The van der Waals surface area contributed by atoms with Crippen molar-refractivity contribution >= 4 is 40.9 Å². The lowest BCUT2D eigenvalue weighted by Crippen LogP contribution is -2.64. The maximum Gasteiger partial charge on any atom is 0.407 e. The normalized spacial score (nSPS) is 28.6. The standard InChI is InChI=1S/C16H20Cl3NO7/c17-16(18,19)8-26-15(24)20-11-13(23)12(22)10(6-21)27-14(11)25-7-9-4-2-1-3-5-9/h1-5,10-14,21-23H,6-8H2,(H,20,24)/t10-,11-,12-,13-,14-/m1/s1. The summed E-state index contributed by atoms with van der Waals surface area (Å²) < 4.78 is 14.1. The lowest BCUT2D eigenvalue weighted by molar-refractivity contribution is -0.273. The minimum Gasteiger partial charge on any atom is -0.445 e. The quantitative estimate of drug-likeness (QED) is 0.486. The first-order valence-corrected chi connectivity index (χ1v) is 9.12. The van der Waals surface area contributed by atoms with Crippen LogP contribution in [0.1, 0.15) is 5.56 Å². The third kappa shape index (κ3) is 6.92. The summed E-state index contributed by atoms with van der Waals surface area (Å²) in [7, 11) is 0. The molecule has 1 heterocycles.